The molecular formula is C25H34N2O. The molecule has 2 amide bonds. The van der Waals surface area contributed by atoms with Crippen LogP contribution in [0.3, 0.4) is 0 Å². The lowest BCUT2D eigenvalue weighted by molar-refractivity contribution is 0.155. The predicted molar refractivity (Wildman–Crippen MR) is 116 cm³/mol. The average molecular weight is 379 g/mol. The van der Waals surface area contributed by atoms with E-state index < -0.39 is 0 Å². The highest BCUT2D eigenvalue weighted by Gasteiger charge is 2.48. The Balaban J connectivity index is 2.14. The summed E-state index contributed by atoms with van der Waals surface area (Å²) in [4.78, 5) is 17.9. The molecule has 3 rings (SSSR count). The minimum Gasteiger partial charge on any atom is -0.315 e. The van der Waals surface area contributed by atoms with Gasteiger partial charge in [0.05, 0.1) is 12.1 Å². The molecule has 1 aliphatic rings. The van der Waals surface area contributed by atoms with E-state index in [2.05, 4.69) is 99.9 Å². The number of hydrogen-bond donors (Lipinski definition) is 0. The van der Waals surface area contributed by atoms with Gasteiger partial charge >= 0.3 is 6.03 Å². The molecule has 3 heteroatoms. The van der Waals surface area contributed by atoms with E-state index in [1.54, 1.807) is 0 Å². The molecule has 1 fully saturated rings. The maximum absolute atomic E-state index is 13.7. The van der Waals surface area contributed by atoms with Crippen molar-refractivity contribution in [2.45, 2.75) is 53.6 Å². The zero-order valence-corrected chi connectivity index (χ0v) is 18.1. The molecular weight excluding hydrogens is 344 g/mol. The Morgan fingerprint density at radius 1 is 0.643 bits per heavy atom. The van der Waals surface area contributed by atoms with E-state index in [-0.39, 0.29) is 28.9 Å². The van der Waals surface area contributed by atoms with E-state index in [4.69, 9.17) is 0 Å². The second-order valence-electron chi connectivity index (χ2n) is 10.4. The fourth-order valence-corrected chi connectivity index (χ4v) is 4.12. The van der Waals surface area contributed by atoms with Gasteiger partial charge in [0.25, 0.3) is 0 Å². The molecule has 0 bridgehead atoms. The smallest absolute Gasteiger partial charge is 0.315 e. The van der Waals surface area contributed by atoms with Crippen LogP contribution in [0, 0.1) is 10.8 Å². The normalized spacial score (nSPS) is 20.7. The van der Waals surface area contributed by atoms with Gasteiger partial charge in [-0.3, -0.25) is 0 Å². The molecule has 0 aliphatic carbocycles. The fourth-order valence-electron chi connectivity index (χ4n) is 4.12. The van der Waals surface area contributed by atoms with Crippen LogP contribution in [0.5, 0.6) is 0 Å². The van der Waals surface area contributed by atoms with E-state index in [1.165, 1.54) is 11.1 Å². The highest BCUT2D eigenvalue weighted by molar-refractivity contribution is 5.79. The van der Waals surface area contributed by atoms with Gasteiger partial charge in [-0.1, -0.05) is 102 Å². The van der Waals surface area contributed by atoms with Gasteiger partial charge in [0, 0.05) is 13.1 Å². The van der Waals surface area contributed by atoms with E-state index >= 15 is 0 Å². The summed E-state index contributed by atoms with van der Waals surface area (Å²) >= 11 is 0. The van der Waals surface area contributed by atoms with Crippen LogP contribution in [-0.2, 0) is 0 Å². The number of urea groups is 1. The van der Waals surface area contributed by atoms with Crippen molar-refractivity contribution in [3.63, 3.8) is 0 Å². The number of carbonyl (C=O) groups is 1. The first-order valence-electron chi connectivity index (χ1n) is 10.2. The van der Waals surface area contributed by atoms with Gasteiger partial charge in [-0.2, -0.15) is 0 Å². The summed E-state index contributed by atoms with van der Waals surface area (Å²) in [6, 6.07) is 21.2. The molecule has 1 heterocycles. The van der Waals surface area contributed by atoms with Crippen LogP contribution in [0.15, 0.2) is 60.7 Å². The van der Waals surface area contributed by atoms with Gasteiger partial charge in [0.15, 0.2) is 0 Å². The molecule has 2 aromatic carbocycles. The lowest BCUT2D eigenvalue weighted by Crippen LogP contribution is -2.40. The largest absolute Gasteiger partial charge is 0.321 e. The Hall–Kier alpha value is -2.29. The first-order valence-corrected chi connectivity index (χ1v) is 10.2. The summed E-state index contributed by atoms with van der Waals surface area (Å²) in [7, 11) is 0. The third-order valence-electron chi connectivity index (χ3n) is 5.03. The standard InChI is InChI=1S/C25H34N2O/c1-24(2,3)17-26-21(19-13-9-7-10-14-19)22(20-15-11-8-12-16-20)27(23(26)28)18-25(4,5)6/h7-16,21-22H,17-18H2,1-6H3/t21-,22-/m0/s1. The average Bonchev–Trinajstić information content (AvgIpc) is 2.86. The molecule has 2 aromatic rings. The van der Waals surface area contributed by atoms with Gasteiger partial charge in [-0.05, 0) is 22.0 Å². The number of hydrogen-bond acceptors (Lipinski definition) is 1. The van der Waals surface area contributed by atoms with Gasteiger partial charge in [-0.25, -0.2) is 4.79 Å². The Morgan fingerprint density at radius 3 is 1.25 bits per heavy atom. The Labute approximate surface area is 170 Å². The molecule has 0 saturated carbocycles. The van der Waals surface area contributed by atoms with E-state index in [0.717, 1.165) is 13.1 Å². The van der Waals surface area contributed by atoms with Crippen molar-refractivity contribution < 1.29 is 4.79 Å². The fraction of sp³-hybridized carbons (Fsp3) is 0.480. The second-order valence-corrected chi connectivity index (χ2v) is 10.4. The summed E-state index contributed by atoms with van der Waals surface area (Å²) in [5.41, 5.74) is 2.46. The Kier molecular flexibility index (Phi) is 5.56. The Morgan fingerprint density at radius 2 is 0.964 bits per heavy atom. The highest BCUT2D eigenvalue weighted by atomic mass is 16.2. The van der Waals surface area contributed by atoms with Crippen LogP contribution >= 0.6 is 0 Å². The van der Waals surface area contributed by atoms with Crippen molar-refractivity contribution in [3.05, 3.63) is 71.8 Å². The summed E-state index contributed by atoms with van der Waals surface area (Å²) in [6.07, 6.45) is 0. The lowest BCUT2D eigenvalue weighted by Gasteiger charge is -2.33. The molecule has 0 spiro atoms. The van der Waals surface area contributed by atoms with Crippen molar-refractivity contribution in [1.82, 2.24) is 9.80 Å². The summed E-state index contributed by atoms with van der Waals surface area (Å²) in [5, 5.41) is 0. The van der Waals surface area contributed by atoms with Gasteiger partial charge in [0.1, 0.15) is 0 Å². The van der Waals surface area contributed by atoms with E-state index in [1.807, 2.05) is 12.1 Å². The predicted octanol–water partition coefficient (Wildman–Crippen LogP) is 6.30. The summed E-state index contributed by atoms with van der Waals surface area (Å²) in [5.74, 6) is 0. The van der Waals surface area contributed by atoms with Gasteiger partial charge < -0.3 is 9.80 Å². The molecule has 28 heavy (non-hydrogen) atoms. The van der Waals surface area contributed by atoms with Crippen LogP contribution in [-0.4, -0.2) is 28.9 Å². The van der Waals surface area contributed by atoms with Crippen molar-refractivity contribution >= 4 is 6.03 Å². The minimum atomic E-state index is 0.0117. The quantitative estimate of drug-likeness (QED) is 0.612. The topological polar surface area (TPSA) is 23.6 Å². The monoisotopic (exact) mass is 378 g/mol. The van der Waals surface area contributed by atoms with Gasteiger partial charge in [0.2, 0.25) is 0 Å². The lowest BCUT2D eigenvalue weighted by atomic mass is 9.89. The molecule has 0 unspecified atom stereocenters. The van der Waals surface area contributed by atoms with Crippen LogP contribution in [0.2, 0.25) is 0 Å². The van der Waals surface area contributed by atoms with Crippen LogP contribution in [0.4, 0.5) is 4.79 Å². The SMILES string of the molecule is CC(C)(C)CN1C(=O)N(CC(C)(C)C)[C@@H](c2ccccc2)[C@@H]1c1ccccc1. The van der Waals surface area contributed by atoms with Crippen molar-refractivity contribution in [3.8, 4) is 0 Å². The number of rotatable bonds is 4. The third-order valence-corrected chi connectivity index (χ3v) is 5.03. The molecule has 0 aromatic heterocycles. The van der Waals surface area contributed by atoms with E-state index in [0.29, 0.717) is 0 Å². The number of carbonyl (C=O) groups excluding carboxylic acids is 1. The zero-order valence-electron chi connectivity index (χ0n) is 18.1. The highest BCUT2D eigenvalue weighted by Crippen LogP contribution is 2.47. The van der Waals surface area contributed by atoms with Crippen LogP contribution in [0.1, 0.15) is 64.8 Å². The molecule has 1 saturated heterocycles. The number of amides is 2. The molecule has 0 radical (unpaired) electrons. The maximum Gasteiger partial charge on any atom is 0.321 e. The van der Waals surface area contributed by atoms with Crippen LogP contribution in [0.25, 0.3) is 0 Å². The number of benzene rings is 2. The minimum absolute atomic E-state index is 0.0117. The molecule has 2 atom stereocenters. The molecule has 150 valence electrons. The van der Waals surface area contributed by atoms with Crippen LogP contribution < -0.4 is 0 Å². The third kappa shape index (κ3) is 4.57. The van der Waals surface area contributed by atoms with E-state index in [9.17, 15) is 4.79 Å². The van der Waals surface area contributed by atoms with Gasteiger partial charge in [-0.15, -0.1) is 0 Å². The Bertz CT molecular complexity index is 719. The molecule has 1 aliphatic heterocycles. The van der Waals surface area contributed by atoms with Crippen molar-refractivity contribution in [2.24, 2.45) is 10.8 Å². The first-order chi connectivity index (χ1) is 13.1. The first kappa shape index (κ1) is 20.4. The number of nitrogens with zero attached hydrogens (tertiary/aromatic N) is 2. The molecule has 0 N–H and O–H groups in total. The summed E-state index contributed by atoms with van der Waals surface area (Å²) in [6.45, 7) is 14.7. The molecule has 3 nitrogen and oxygen atoms in total. The maximum atomic E-state index is 13.7. The summed E-state index contributed by atoms with van der Waals surface area (Å²) < 4.78 is 0. The second kappa shape index (κ2) is 7.62. The zero-order chi connectivity index (χ0) is 20.5. The van der Waals surface area contributed by atoms with Crippen molar-refractivity contribution in [2.75, 3.05) is 13.1 Å². The van der Waals surface area contributed by atoms with Crippen molar-refractivity contribution in [1.29, 1.82) is 0 Å².